The number of hydrogen-bond acceptors (Lipinski definition) is 3. The Kier molecular flexibility index (Phi) is 2.06. The van der Waals surface area contributed by atoms with Crippen molar-refractivity contribution in [3.05, 3.63) is 36.3 Å². The largest absolute Gasteiger partial charge is 0.471 e. The molecule has 2 rings (SSSR count). The second-order valence-electron chi connectivity index (χ2n) is 2.83. The van der Waals surface area contributed by atoms with Gasteiger partial charge in [0.15, 0.2) is 0 Å². The van der Waals surface area contributed by atoms with Crippen LogP contribution in [0.2, 0.25) is 0 Å². The number of benzene rings is 1. The van der Waals surface area contributed by atoms with Crippen LogP contribution in [0.5, 0.6) is 0 Å². The van der Waals surface area contributed by atoms with Crippen molar-refractivity contribution in [2.75, 3.05) is 0 Å². The maximum atomic E-state index is 10.5. The number of fused-ring (bicyclic) bond motifs is 1. The molecule has 0 aliphatic heterocycles. The molecule has 0 radical (unpaired) electrons. The van der Waals surface area contributed by atoms with Gasteiger partial charge in [0.2, 0.25) is 0 Å². The lowest BCUT2D eigenvalue weighted by Gasteiger charge is -1.93. The first-order valence-corrected chi connectivity index (χ1v) is 5.18. The molecule has 1 aromatic heterocycles. The first-order chi connectivity index (χ1) is 6.25. The summed E-state index contributed by atoms with van der Waals surface area (Å²) < 4.78 is 25.9. The van der Waals surface area contributed by atoms with Crippen molar-refractivity contribution in [1.29, 1.82) is 0 Å². The van der Waals surface area contributed by atoms with Crippen molar-refractivity contribution in [3.63, 3.8) is 0 Å². The number of thiol groups is 1. The number of hydrogen-bond donors (Lipinski definition) is 1. The van der Waals surface area contributed by atoms with E-state index in [0.29, 0.717) is 0 Å². The molecular weight excluding hydrogens is 188 g/mol. The number of rotatable bonds is 2. The molecular formula is C9H8O3S. The van der Waals surface area contributed by atoms with Gasteiger partial charge in [-0.05, 0) is 11.6 Å². The normalized spacial score (nSPS) is 11.2. The fourth-order valence-corrected chi connectivity index (χ4v) is 1.76. The van der Waals surface area contributed by atoms with Crippen LogP contribution in [0.4, 0.5) is 0 Å². The molecule has 0 aliphatic carbocycles. The average molecular weight is 196 g/mol. The highest BCUT2D eigenvalue weighted by Crippen LogP contribution is 2.17. The highest BCUT2D eigenvalue weighted by molar-refractivity contribution is 7.71. The summed E-state index contributed by atoms with van der Waals surface area (Å²) in [4.78, 5) is 0. The lowest BCUT2D eigenvalue weighted by atomic mass is 10.1. The lowest BCUT2D eigenvalue weighted by molar-refractivity contribution is 0.572. The monoisotopic (exact) mass is 196 g/mol. The summed E-state index contributed by atoms with van der Waals surface area (Å²) in [7, 11) is -2.35. The van der Waals surface area contributed by atoms with Crippen molar-refractivity contribution in [2.24, 2.45) is 0 Å². The van der Waals surface area contributed by atoms with E-state index in [9.17, 15) is 8.42 Å². The molecule has 0 bridgehead atoms. The summed E-state index contributed by atoms with van der Waals surface area (Å²) in [5.74, 6) is 0.0937. The molecule has 1 heterocycles. The Morgan fingerprint density at radius 3 is 2.69 bits per heavy atom. The van der Waals surface area contributed by atoms with Crippen molar-refractivity contribution >= 4 is 21.5 Å². The van der Waals surface area contributed by atoms with Crippen LogP contribution in [0, 0.1) is 0 Å². The summed E-state index contributed by atoms with van der Waals surface area (Å²) in [5.41, 5.74) is 0.796. The van der Waals surface area contributed by atoms with Gasteiger partial charge in [-0.15, -0.1) is 0 Å². The van der Waals surface area contributed by atoms with Gasteiger partial charge < -0.3 is 4.42 Å². The minimum absolute atomic E-state index is 0.0937. The molecule has 0 saturated heterocycles. The molecule has 0 fully saturated rings. The number of furan rings is 1. The van der Waals surface area contributed by atoms with Crippen LogP contribution < -0.4 is 0 Å². The molecule has 4 heteroatoms. The summed E-state index contributed by atoms with van der Waals surface area (Å²) >= 11 is 0. The van der Waals surface area contributed by atoms with Gasteiger partial charge in [0.1, 0.15) is 10.7 Å². The van der Waals surface area contributed by atoms with Gasteiger partial charge in [-0.1, -0.05) is 12.1 Å². The van der Waals surface area contributed by atoms with E-state index in [-0.39, 0.29) is 5.75 Å². The minimum atomic E-state index is -2.35. The second-order valence-corrected chi connectivity index (χ2v) is 3.81. The van der Waals surface area contributed by atoms with E-state index >= 15 is 0 Å². The summed E-state index contributed by atoms with van der Waals surface area (Å²) in [5, 5.41) is 1.93. The Morgan fingerprint density at radius 2 is 1.92 bits per heavy atom. The topological polar surface area (TPSA) is 47.3 Å². The van der Waals surface area contributed by atoms with E-state index in [2.05, 4.69) is 0 Å². The predicted molar refractivity (Wildman–Crippen MR) is 50.2 cm³/mol. The Hall–Kier alpha value is -1.29. The molecule has 68 valence electrons. The molecule has 13 heavy (non-hydrogen) atoms. The zero-order valence-corrected chi connectivity index (χ0v) is 7.66. The molecule has 2 aromatic rings. The maximum absolute atomic E-state index is 10.5. The van der Waals surface area contributed by atoms with Crippen molar-refractivity contribution in [2.45, 2.75) is 5.75 Å². The van der Waals surface area contributed by atoms with Crippen molar-refractivity contribution in [3.8, 4) is 0 Å². The van der Waals surface area contributed by atoms with E-state index in [4.69, 9.17) is 4.42 Å². The Bertz CT molecular complexity index is 488. The van der Waals surface area contributed by atoms with Crippen LogP contribution in [0.15, 0.2) is 35.1 Å². The van der Waals surface area contributed by atoms with Crippen LogP contribution in [-0.4, -0.2) is 8.42 Å². The second kappa shape index (κ2) is 3.22. The first-order valence-electron chi connectivity index (χ1n) is 3.82. The molecule has 0 saturated carbocycles. The molecule has 1 aromatic carbocycles. The third kappa shape index (κ3) is 1.72. The van der Waals surface area contributed by atoms with Crippen LogP contribution in [-0.2, 0) is 16.5 Å². The summed E-state index contributed by atoms with van der Waals surface area (Å²) in [6, 6.07) is 5.47. The lowest BCUT2D eigenvalue weighted by Crippen LogP contribution is -1.85. The van der Waals surface area contributed by atoms with E-state index in [1.807, 2.05) is 12.1 Å². The van der Waals surface area contributed by atoms with Gasteiger partial charge >= 0.3 is 0 Å². The van der Waals surface area contributed by atoms with Gasteiger partial charge in [0, 0.05) is 10.8 Å². The van der Waals surface area contributed by atoms with Gasteiger partial charge in [0.25, 0.3) is 0 Å². The molecule has 0 atom stereocenters. The highest BCUT2D eigenvalue weighted by atomic mass is 32.2. The Labute approximate surface area is 76.9 Å². The van der Waals surface area contributed by atoms with Crippen molar-refractivity contribution in [1.82, 2.24) is 0 Å². The van der Waals surface area contributed by atoms with E-state index in [0.717, 1.165) is 16.3 Å². The third-order valence-corrected chi connectivity index (χ3v) is 2.48. The van der Waals surface area contributed by atoms with E-state index in [1.54, 1.807) is 18.6 Å². The summed E-state index contributed by atoms with van der Waals surface area (Å²) in [6.07, 6.45) is 3.24. The quantitative estimate of drug-likeness (QED) is 0.741. The summed E-state index contributed by atoms with van der Waals surface area (Å²) in [6.45, 7) is 0. The van der Waals surface area contributed by atoms with Gasteiger partial charge in [0.05, 0.1) is 18.3 Å². The van der Waals surface area contributed by atoms with Crippen LogP contribution in [0.25, 0.3) is 10.8 Å². The smallest absolute Gasteiger partial charge is 0.144 e. The van der Waals surface area contributed by atoms with Gasteiger partial charge in [-0.2, -0.15) is 0 Å². The van der Waals surface area contributed by atoms with Gasteiger partial charge in [-0.25, -0.2) is 8.42 Å². The maximum Gasteiger partial charge on any atom is 0.144 e. The van der Waals surface area contributed by atoms with Crippen LogP contribution >= 0.6 is 0 Å². The Morgan fingerprint density at radius 1 is 1.15 bits per heavy atom. The fraction of sp³-hybridized carbons (Fsp3) is 0.111. The minimum Gasteiger partial charge on any atom is -0.471 e. The molecule has 0 aliphatic rings. The highest BCUT2D eigenvalue weighted by Gasteiger charge is 1.98. The average Bonchev–Trinajstić information content (AvgIpc) is 2.49. The Balaban J connectivity index is 2.48. The zero-order valence-electron chi connectivity index (χ0n) is 6.77. The fourth-order valence-electron chi connectivity index (χ4n) is 1.26. The van der Waals surface area contributed by atoms with Crippen molar-refractivity contribution < 1.29 is 12.8 Å². The van der Waals surface area contributed by atoms with E-state index < -0.39 is 10.7 Å². The SMILES string of the molecule is O=[SH](=O)Cc1ccc2cocc2c1. The molecule has 0 N–H and O–H groups in total. The first kappa shape index (κ1) is 8.31. The molecule has 0 spiro atoms. The predicted octanol–water partition coefficient (Wildman–Crippen LogP) is 1.54. The van der Waals surface area contributed by atoms with Crippen LogP contribution in [0.3, 0.4) is 0 Å². The molecule has 0 unspecified atom stereocenters. The van der Waals surface area contributed by atoms with Gasteiger partial charge in [-0.3, -0.25) is 0 Å². The standard InChI is InChI=1S/C9H8O3S/c10-13(11)6-7-1-2-8-4-12-5-9(8)3-7/h1-5,13H,6H2. The third-order valence-electron chi connectivity index (χ3n) is 1.85. The van der Waals surface area contributed by atoms with E-state index in [1.165, 1.54) is 0 Å². The van der Waals surface area contributed by atoms with Crippen LogP contribution in [0.1, 0.15) is 5.56 Å². The molecule has 3 nitrogen and oxygen atoms in total. The zero-order chi connectivity index (χ0) is 9.26. The molecule has 0 amide bonds.